The van der Waals surface area contributed by atoms with Gasteiger partial charge in [-0.3, -0.25) is 4.79 Å². The van der Waals surface area contributed by atoms with Gasteiger partial charge in [0.25, 0.3) is 5.91 Å². The fourth-order valence-corrected chi connectivity index (χ4v) is 3.08. The van der Waals surface area contributed by atoms with Gasteiger partial charge in [0, 0.05) is 24.3 Å². The summed E-state index contributed by atoms with van der Waals surface area (Å²) >= 11 is 0. The number of ether oxygens (including phenoxy) is 2. The van der Waals surface area contributed by atoms with Crippen LogP contribution in [0, 0.1) is 0 Å². The van der Waals surface area contributed by atoms with Gasteiger partial charge >= 0.3 is 0 Å². The van der Waals surface area contributed by atoms with Crippen LogP contribution < -0.4 is 19.7 Å². The number of carbonyl (C=O) groups is 1. The van der Waals surface area contributed by atoms with Crippen molar-refractivity contribution < 1.29 is 14.3 Å². The largest absolute Gasteiger partial charge is 0.497 e. The third kappa shape index (κ3) is 4.05. The highest BCUT2D eigenvalue weighted by molar-refractivity contribution is 6.05. The van der Waals surface area contributed by atoms with E-state index in [1.807, 2.05) is 18.2 Å². The summed E-state index contributed by atoms with van der Waals surface area (Å²) in [5.74, 6) is 1.21. The molecule has 1 fully saturated rings. The Kier molecular flexibility index (Phi) is 5.43. The number of rotatable bonds is 5. The van der Waals surface area contributed by atoms with Crippen LogP contribution >= 0.6 is 0 Å². The number of anilines is 2. The number of nitrogens with zero attached hydrogens (tertiary/aromatic N) is 1. The van der Waals surface area contributed by atoms with E-state index in [9.17, 15) is 4.79 Å². The van der Waals surface area contributed by atoms with Crippen molar-refractivity contribution in [2.45, 2.75) is 19.3 Å². The molecule has 132 valence electrons. The summed E-state index contributed by atoms with van der Waals surface area (Å²) in [5.41, 5.74) is 2.38. The monoisotopic (exact) mass is 340 g/mol. The molecular formula is C20H24N2O3. The molecular weight excluding hydrogens is 316 g/mol. The Morgan fingerprint density at radius 1 is 0.960 bits per heavy atom. The van der Waals surface area contributed by atoms with Crippen molar-refractivity contribution >= 4 is 17.3 Å². The Labute approximate surface area is 148 Å². The van der Waals surface area contributed by atoms with Crippen molar-refractivity contribution in [3.63, 3.8) is 0 Å². The zero-order chi connectivity index (χ0) is 17.6. The van der Waals surface area contributed by atoms with Crippen molar-refractivity contribution in [3.05, 3.63) is 48.0 Å². The average Bonchev–Trinajstić information content (AvgIpc) is 2.68. The summed E-state index contributed by atoms with van der Waals surface area (Å²) in [6.07, 6.45) is 3.70. The van der Waals surface area contributed by atoms with Crippen LogP contribution in [0.15, 0.2) is 42.5 Å². The normalized spacial score (nSPS) is 14.1. The fraction of sp³-hybridized carbons (Fsp3) is 0.350. The van der Waals surface area contributed by atoms with E-state index < -0.39 is 0 Å². The summed E-state index contributed by atoms with van der Waals surface area (Å²) in [7, 11) is 3.21. The molecule has 5 nitrogen and oxygen atoms in total. The van der Waals surface area contributed by atoms with Crippen LogP contribution in [0.3, 0.4) is 0 Å². The third-order valence-corrected chi connectivity index (χ3v) is 4.50. The highest BCUT2D eigenvalue weighted by Gasteiger charge is 2.15. The van der Waals surface area contributed by atoms with E-state index in [1.54, 1.807) is 38.5 Å². The second-order valence-corrected chi connectivity index (χ2v) is 6.11. The first-order valence-electron chi connectivity index (χ1n) is 8.59. The smallest absolute Gasteiger partial charge is 0.255 e. The molecule has 0 aromatic heterocycles. The summed E-state index contributed by atoms with van der Waals surface area (Å²) in [5, 5.41) is 2.96. The highest BCUT2D eigenvalue weighted by atomic mass is 16.5. The van der Waals surface area contributed by atoms with Gasteiger partial charge in [-0.25, -0.2) is 0 Å². The first kappa shape index (κ1) is 17.1. The van der Waals surface area contributed by atoms with E-state index in [-0.39, 0.29) is 5.91 Å². The first-order chi connectivity index (χ1) is 12.2. The van der Waals surface area contributed by atoms with Crippen molar-refractivity contribution in [1.29, 1.82) is 0 Å². The van der Waals surface area contributed by atoms with Gasteiger partial charge in [0.1, 0.15) is 11.5 Å². The lowest BCUT2D eigenvalue weighted by atomic mass is 10.1. The highest BCUT2D eigenvalue weighted by Crippen LogP contribution is 2.31. The fourth-order valence-electron chi connectivity index (χ4n) is 3.08. The van der Waals surface area contributed by atoms with Gasteiger partial charge in [-0.2, -0.15) is 0 Å². The van der Waals surface area contributed by atoms with E-state index >= 15 is 0 Å². The van der Waals surface area contributed by atoms with Gasteiger partial charge in [0.15, 0.2) is 0 Å². The maximum Gasteiger partial charge on any atom is 0.255 e. The molecule has 5 heteroatoms. The second-order valence-electron chi connectivity index (χ2n) is 6.11. The SMILES string of the molecule is COc1ccc(C(=O)Nc2cc(N3CCCCC3)ccc2OC)cc1. The van der Waals surface area contributed by atoms with Crippen molar-refractivity contribution in [2.24, 2.45) is 0 Å². The quantitative estimate of drug-likeness (QED) is 0.895. The Morgan fingerprint density at radius 3 is 2.32 bits per heavy atom. The van der Waals surface area contributed by atoms with Gasteiger partial charge in [0.05, 0.1) is 19.9 Å². The third-order valence-electron chi connectivity index (χ3n) is 4.50. The van der Waals surface area contributed by atoms with Crippen LogP contribution in [-0.2, 0) is 0 Å². The van der Waals surface area contributed by atoms with Crippen LogP contribution in [0.1, 0.15) is 29.6 Å². The van der Waals surface area contributed by atoms with E-state index in [0.717, 1.165) is 24.5 Å². The molecule has 0 unspecified atom stereocenters. The average molecular weight is 340 g/mol. The Morgan fingerprint density at radius 2 is 1.68 bits per heavy atom. The van der Waals surface area contributed by atoms with Crippen LogP contribution in [0.5, 0.6) is 11.5 Å². The number of hydrogen-bond acceptors (Lipinski definition) is 4. The molecule has 1 aliphatic rings. The number of carbonyl (C=O) groups excluding carboxylic acids is 1. The molecule has 0 saturated carbocycles. The number of nitrogens with one attached hydrogen (secondary N) is 1. The predicted molar refractivity (Wildman–Crippen MR) is 100 cm³/mol. The van der Waals surface area contributed by atoms with Crippen molar-refractivity contribution in [2.75, 3.05) is 37.5 Å². The van der Waals surface area contributed by atoms with E-state index in [0.29, 0.717) is 17.0 Å². The Bertz CT molecular complexity index is 722. The van der Waals surface area contributed by atoms with Crippen molar-refractivity contribution in [3.8, 4) is 11.5 Å². The lowest BCUT2D eigenvalue weighted by molar-refractivity contribution is 0.102. The van der Waals surface area contributed by atoms with Gasteiger partial charge in [-0.1, -0.05) is 0 Å². The molecule has 2 aromatic rings. The molecule has 0 aliphatic carbocycles. The number of hydrogen-bond donors (Lipinski definition) is 1. The van der Waals surface area contributed by atoms with Crippen LogP contribution in [-0.4, -0.2) is 33.2 Å². The van der Waals surface area contributed by atoms with Gasteiger partial charge in [0.2, 0.25) is 0 Å². The van der Waals surface area contributed by atoms with Gasteiger partial charge in [-0.05, 0) is 61.7 Å². The predicted octanol–water partition coefficient (Wildman–Crippen LogP) is 3.95. The van der Waals surface area contributed by atoms with E-state index in [4.69, 9.17) is 9.47 Å². The minimum Gasteiger partial charge on any atom is -0.497 e. The molecule has 1 amide bonds. The number of piperidine rings is 1. The lowest BCUT2D eigenvalue weighted by Crippen LogP contribution is -2.29. The Balaban J connectivity index is 1.80. The Hall–Kier alpha value is -2.69. The van der Waals surface area contributed by atoms with Gasteiger partial charge in [-0.15, -0.1) is 0 Å². The zero-order valence-corrected chi connectivity index (χ0v) is 14.7. The number of amides is 1. The van der Waals surface area contributed by atoms with Gasteiger partial charge < -0.3 is 19.7 Å². The molecule has 1 aliphatic heterocycles. The molecule has 0 atom stereocenters. The molecule has 1 saturated heterocycles. The van der Waals surface area contributed by atoms with Crippen molar-refractivity contribution in [1.82, 2.24) is 0 Å². The molecule has 3 rings (SSSR count). The summed E-state index contributed by atoms with van der Waals surface area (Å²) in [6.45, 7) is 2.11. The number of methoxy groups -OCH3 is 2. The van der Waals surface area contributed by atoms with Crippen LogP contribution in [0.25, 0.3) is 0 Å². The molecule has 1 heterocycles. The molecule has 0 bridgehead atoms. The summed E-state index contributed by atoms with van der Waals surface area (Å²) < 4.78 is 10.5. The minimum atomic E-state index is -0.170. The van der Waals surface area contributed by atoms with E-state index in [1.165, 1.54) is 19.3 Å². The standard InChI is InChI=1S/C20H24N2O3/c1-24-17-9-6-15(7-10-17)20(23)21-18-14-16(8-11-19(18)25-2)22-12-4-3-5-13-22/h6-11,14H,3-5,12-13H2,1-2H3,(H,21,23). The molecule has 25 heavy (non-hydrogen) atoms. The van der Waals surface area contributed by atoms with Crippen LogP contribution in [0.2, 0.25) is 0 Å². The van der Waals surface area contributed by atoms with Crippen LogP contribution in [0.4, 0.5) is 11.4 Å². The lowest BCUT2D eigenvalue weighted by Gasteiger charge is -2.29. The maximum absolute atomic E-state index is 12.5. The minimum absolute atomic E-state index is 0.170. The van der Waals surface area contributed by atoms with E-state index in [2.05, 4.69) is 10.2 Å². The zero-order valence-electron chi connectivity index (χ0n) is 14.7. The molecule has 1 N–H and O–H groups in total. The molecule has 2 aromatic carbocycles. The second kappa shape index (κ2) is 7.92. The first-order valence-corrected chi connectivity index (χ1v) is 8.59. The topological polar surface area (TPSA) is 50.8 Å². The maximum atomic E-state index is 12.5. The summed E-state index contributed by atoms with van der Waals surface area (Å²) in [6, 6.07) is 13.0. The summed E-state index contributed by atoms with van der Waals surface area (Å²) in [4.78, 5) is 14.9. The molecule has 0 spiro atoms. The molecule has 0 radical (unpaired) electrons. The number of benzene rings is 2.